The lowest BCUT2D eigenvalue weighted by molar-refractivity contribution is -0.136. The number of ketones is 1. The van der Waals surface area contributed by atoms with Gasteiger partial charge >= 0.3 is 5.97 Å². The average molecular weight is 432 g/mol. The molecule has 1 aliphatic carbocycles. The lowest BCUT2D eigenvalue weighted by Crippen LogP contribution is -2.36. The van der Waals surface area contributed by atoms with Crippen LogP contribution in [0.1, 0.15) is 42.9 Å². The third-order valence-corrected chi connectivity index (χ3v) is 6.19. The van der Waals surface area contributed by atoms with E-state index in [1.807, 2.05) is 19.1 Å². The Labute approximate surface area is 178 Å². The lowest BCUT2D eigenvalue weighted by Gasteiger charge is -2.36. The molecule has 0 spiro atoms. The molecule has 1 aromatic heterocycles. The lowest BCUT2D eigenvalue weighted by atomic mass is 9.72. The van der Waals surface area contributed by atoms with Gasteiger partial charge < -0.3 is 14.5 Å². The summed E-state index contributed by atoms with van der Waals surface area (Å²) in [6.07, 6.45) is 2.52. The van der Waals surface area contributed by atoms with Crippen molar-refractivity contribution in [3.63, 3.8) is 0 Å². The fourth-order valence-corrected chi connectivity index (χ4v) is 4.48. The highest BCUT2D eigenvalue weighted by atomic mass is 35.5. The topological polar surface area (TPSA) is 68.5 Å². The molecule has 1 N–H and O–H groups in total. The molecule has 0 saturated carbocycles. The number of halogens is 2. The molecule has 2 atom stereocenters. The Morgan fingerprint density at radius 2 is 2.00 bits per heavy atom. The van der Waals surface area contributed by atoms with Crippen molar-refractivity contribution in [3.8, 4) is 0 Å². The summed E-state index contributed by atoms with van der Waals surface area (Å²) in [4.78, 5) is 25.9. The summed E-state index contributed by atoms with van der Waals surface area (Å²) in [5.74, 6) is -0.369. The number of nitrogens with one attached hydrogen (secondary N) is 1. The Kier molecular flexibility index (Phi) is 5.28. The molecular weight excluding hydrogens is 413 g/mol. The monoisotopic (exact) mass is 431 g/mol. The van der Waals surface area contributed by atoms with Crippen LogP contribution in [-0.4, -0.2) is 18.9 Å². The van der Waals surface area contributed by atoms with Crippen LogP contribution in [0.5, 0.6) is 0 Å². The first-order chi connectivity index (χ1) is 13.9. The van der Waals surface area contributed by atoms with Crippen molar-refractivity contribution < 1.29 is 18.7 Å². The maximum Gasteiger partial charge on any atom is 0.336 e. The predicted octanol–water partition coefficient (Wildman–Crippen LogP) is 5.12. The molecule has 4 rings (SSSR count). The summed E-state index contributed by atoms with van der Waals surface area (Å²) in [5, 5.41) is 4.04. The van der Waals surface area contributed by atoms with Crippen LogP contribution in [0.4, 0.5) is 0 Å². The van der Waals surface area contributed by atoms with Gasteiger partial charge in [0.25, 0.3) is 0 Å². The van der Waals surface area contributed by atoms with Crippen molar-refractivity contribution in [2.24, 2.45) is 0 Å². The number of hydrogen-bond acceptors (Lipinski definition) is 5. The quantitative estimate of drug-likeness (QED) is 0.682. The van der Waals surface area contributed by atoms with Crippen LogP contribution >= 0.6 is 23.2 Å². The molecular formula is C22H19Cl2NO4. The zero-order chi connectivity index (χ0) is 20.7. The number of benzene rings is 1. The van der Waals surface area contributed by atoms with Crippen LogP contribution in [0.2, 0.25) is 10.0 Å². The molecule has 1 aromatic carbocycles. The minimum atomic E-state index is -0.571. The summed E-state index contributed by atoms with van der Waals surface area (Å²) in [7, 11) is 1.33. The molecule has 2 aromatic rings. The van der Waals surface area contributed by atoms with Gasteiger partial charge in [0.05, 0.1) is 29.0 Å². The van der Waals surface area contributed by atoms with Crippen LogP contribution in [0.15, 0.2) is 63.6 Å². The molecule has 29 heavy (non-hydrogen) atoms. The summed E-state index contributed by atoms with van der Waals surface area (Å²) < 4.78 is 10.5. The van der Waals surface area contributed by atoms with Crippen LogP contribution in [0.25, 0.3) is 0 Å². The number of Topliss-reactive ketones (excluding diaryl/α,β-unsaturated/α-hetero) is 1. The molecule has 5 nitrogen and oxygen atoms in total. The number of carbonyl (C=O) groups excluding carboxylic acids is 2. The zero-order valence-electron chi connectivity index (χ0n) is 15.9. The predicted molar refractivity (Wildman–Crippen MR) is 110 cm³/mol. The van der Waals surface area contributed by atoms with Crippen molar-refractivity contribution in [1.29, 1.82) is 0 Å². The third-order valence-electron chi connectivity index (χ3n) is 5.46. The van der Waals surface area contributed by atoms with Crippen LogP contribution in [-0.2, 0) is 14.3 Å². The van der Waals surface area contributed by atoms with Gasteiger partial charge in [-0.05, 0) is 43.2 Å². The van der Waals surface area contributed by atoms with Gasteiger partial charge in [0.1, 0.15) is 5.76 Å². The van der Waals surface area contributed by atoms with Gasteiger partial charge in [-0.3, -0.25) is 4.79 Å². The second-order valence-electron chi connectivity index (χ2n) is 7.20. The number of carbonyl (C=O) groups is 2. The van der Waals surface area contributed by atoms with E-state index in [1.54, 1.807) is 24.5 Å². The Balaban J connectivity index is 1.84. The highest BCUT2D eigenvalue weighted by Crippen LogP contribution is 2.46. The van der Waals surface area contributed by atoms with Gasteiger partial charge in [-0.15, -0.1) is 0 Å². The maximum absolute atomic E-state index is 13.3. The number of rotatable bonds is 3. The van der Waals surface area contributed by atoms with Gasteiger partial charge in [-0.1, -0.05) is 29.3 Å². The smallest absolute Gasteiger partial charge is 0.336 e. The van der Waals surface area contributed by atoms with E-state index in [1.165, 1.54) is 7.11 Å². The number of allylic oxidation sites excluding steroid dienone is 3. The SMILES string of the molecule is COC(=O)C1=C(C)NC2=C(C(=O)CC(c3ccco3)C2)C1c1ccc(Cl)c(Cl)c1. The Morgan fingerprint density at radius 3 is 2.66 bits per heavy atom. The Morgan fingerprint density at radius 1 is 1.21 bits per heavy atom. The van der Waals surface area contributed by atoms with E-state index in [0.717, 1.165) is 17.0 Å². The first-order valence-electron chi connectivity index (χ1n) is 9.21. The second-order valence-corrected chi connectivity index (χ2v) is 8.01. The van der Waals surface area contributed by atoms with Crippen molar-refractivity contribution in [1.82, 2.24) is 5.32 Å². The molecule has 2 heterocycles. The van der Waals surface area contributed by atoms with Crippen molar-refractivity contribution in [2.45, 2.75) is 31.6 Å². The van der Waals surface area contributed by atoms with E-state index in [2.05, 4.69) is 5.32 Å². The number of esters is 1. The van der Waals surface area contributed by atoms with Gasteiger partial charge in [0, 0.05) is 35.2 Å². The Hall–Kier alpha value is -2.50. The normalized spacial score (nSPS) is 21.7. The number of ether oxygens (including phenoxy) is 1. The fraction of sp³-hybridized carbons (Fsp3) is 0.273. The van der Waals surface area contributed by atoms with Gasteiger partial charge in [0.2, 0.25) is 0 Å². The van der Waals surface area contributed by atoms with Crippen LogP contribution in [0, 0.1) is 0 Å². The van der Waals surface area contributed by atoms with Crippen molar-refractivity contribution >= 4 is 35.0 Å². The highest BCUT2D eigenvalue weighted by Gasteiger charge is 2.41. The standard InChI is InChI=1S/C22H19Cl2NO4/c1-11-19(22(27)28-2)20(12-5-6-14(23)15(24)8-12)21-16(25-11)9-13(10-17(21)26)18-4-3-7-29-18/h3-8,13,20,25H,9-10H2,1-2H3. The molecule has 1 aliphatic heterocycles. The molecule has 2 aliphatic rings. The molecule has 0 fully saturated rings. The average Bonchev–Trinajstić information content (AvgIpc) is 3.23. The second kappa shape index (κ2) is 7.73. The molecule has 0 saturated heterocycles. The van der Waals surface area contributed by atoms with E-state index < -0.39 is 11.9 Å². The number of hydrogen-bond donors (Lipinski definition) is 1. The molecule has 2 unspecified atom stereocenters. The van der Waals surface area contributed by atoms with Gasteiger partial charge in [-0.25, -0.2) is 4.79 Å². The molecule has 150 valence electrons. The summed E-state index contributed by atoms with van der Waals surface area (Å²) in [6, 6.07) is 8.86. The van der Waals surface area contributed by atoms with Crippen molar-refractivity contribution in [3.05, 3.63) is 80.5 Å². The van der Waals surface area contributed by atoms with Crippen LogP contribution in [0.3, 0.4) is 0 Å². The first kappa shape index (κ1) is 19.8. The molecule has 7 heteroatoms. The number of dihydropyridines is 1. The number of furan rings is 1. The molecule has 0 bridgehead atoms. The van der Waals surface area contributed by atoms with E-state index >= 15 is 0 Å². The summed E-state index contributed by atoms with van der Waals surface area (Å²) in [6.45, 7) is 1.81. The van der Waals surface area contributed by atoms with Crippen molar-refractivity contribution in [2.75, 3.05) is 7.11 Å². The zero-order valence-corrected chi connectivity index (χ0v) is 17.4. The third kappa shape index (κ3) is 3.49. The minimum Gasteiger partial charge on any atom is -0.469 e. The minimum absolute atomic E-state index is 0.0369. The fourth-order valence-electron chi connectivity index (χ4n) is 4.17. The molecule has 0 radical (unpaired) electrons. The summed E-state index contributed by atoms with van der Waals surface area (Å²) in [5.41, 5.74) is 3.13. The van der Waals surface area contributed by atoms with E-state index in [0.29, 0.717) is 39.7 Å². The van der Waals surface area contributed by atoms with E-state index in [9.17, 15) is 9.59 Å². The highest BCUT2D eigenvalue weighted by molar-refractivity contribution is 6.42. The maximum atomic E-state index is 13.3. The first-order valence-corrected chi connectivity index (χ1v) is 9.97. The van der Waals surface area contributed by atoms with Gasteiger partial charge in [0.15, 0.2) is 5.78 Å². The van der Waals surface area contributed by atoms with E-state index in [4.69, 9.17) is 32.4 Å². The Bertz CT molecular complexity index is 1050. The summed E-state index contributed by atoms with van der Waals surface area (Å²) >= 11 is 12.3. The number of methoxy groups -OCH3 is 1. The van der Waals surface area contributed by atoms with E-state index in [-0.39, 0.29) is 11.7 Å². The van der Waals surface area contributed by atoms with Crippen LogP contribution < -0.4 is 5.32 Å². The van der Waals surface area contributed by atoms with Gasteiger partial charge in [-0.2, -0.15) is 0 Å². The largest absolute Gasteiger partial charge is 0.469 e. The molecule has 0 amide bonds.